The molecule has 2 heterocycles. The standard InChI is InChI=1S/C25H31N3O5/c1-16-7-8-17(2)22(13-16)28-24(30)10-9-21(26-28)25(31)33-15-23(29)20-14-18(3)27(19(20)4)11-6-12-32-5/h7-8,13-14H,6,9-12,15H2,1-5H3. The van der Waals surface area contributed by atoms with Crippen molar-refractivity contribution in [2.24, 2.45) is 5.10 Å². The number of carbonyl (C=O) groups excluding carboxylic acids is 3. The number of hydrogen-bond donors (Lipinski definition) is 0. The molecule has 0 bridgehead atoms. The van der Waals surface area contributed by atoms with Crippen molar-refractivity contribution < 1.29 is 23.9 Å². The van der Waals surface area contributed by atoms with Gasteiger partial charge in [0.1, 0.15) is 5.71 Å². The monoisotopic (exact) mass is 453 g/mol. The van der Waals surface area contributed by atoms with Crippen LogP contribution in [0.25, 0.3) is 0 Å². The molecule has 1 aromatic carbocycles. The van der Waals surface area contributed by atoms with E-state index in [0.29, 0.717) is 17.9 Å². The molecule has 33 heavy (non-hydrogen) atoms. The summed E-state index contributed by atoms with van der Waals surface area (Å²) in [7, 11) is 1.66. The Morgan fingerprint density at radius 2 is 1.85 bits per heavy atom. The van der Waals surface area contributed by atoms with Crippen molar-refractivity contribution >= 4 is 29.1 Å². The van der Waals surface area contributed by atoms with Crippen LogP contribution < -0.4 is 5.01 Å². The van der Waals surface area contributed by atoms with Crippen molar-refractivity contribution in [1.29, 1.82) is 0 Å². The van der Waals surface area contributed by atoms with Gasteiger partial charge in [0.2, 0.25) is 11.7 Å². The van der Waals surface area contributed by atoms with Gasteiger partial charge in [0.15, 0.2) is 6.61 Å². The summed E-state index contributed by atoms with van der Waals surface area (Å²) in [6.07, 6.45) is 1.17. The predicted molar refractivity (Wildman–Crippen MR) is 126 cm³/mol. The second-order valence-electron chi connectivity index (χ2n) is 8.32. The quantitative estimate of drug-likeness (QED) is 0.328. The van der Waals surface area contributed by atoms with Gasteiger partial charge in [0.05, 0.1) is 5.69 Å². The Kier molecular flexibility index (Phi) is 7.81. The van der Waals surface area contributed by atoms with Crippen LogP contribution in [0.15, 0.2) is 29.4 Å². The van der Waals surface area contributed by atoms with Crippen LogP contribution in [0.5, 0.6) is 0 Å². The summed E-state index contributed by atoms with van der Waals surface area (Å²) in [6.45, 7) is 8.65. The molecular formula is C25H31N3O5. The number of aryl methyl sites for hydroxylation is 3. The largest absolute Gasteiger partial charge is 0.453 e. The van der Waals surface area contributed by atoms with Crippen molar-refractivity contribution in [3.63, 3.8) is 0 Å². The minimum absolute atomic E-state index is 0.133. The highest BCUT2D eigenvalue weighted by Gasteiger charge is 2.28. The SMILES string of the molecule is COCCCn1c(C)cc(C(=O)COC(=O)C2=NN(c3cc(C)ccc3C)C(=O)CC2)c1C. The van der Waals surface area contributed by atoms with Crippen molar-refractivity contribution in [1.82, 2.24) is 4.57 Å². The number of aromatic nitrogens is 1. The molecule has 0 unspecified atom stereocenters. The lowest BCUT2D eigenvalue weighted by molar-refractivity contribution is -0.134. The third kappa shape index (κ3) is 5.57. The molecule has 1 aliphatic heterocycles. The van der Waals surface area contributed by atoms with Crippen molar-refractivity contribution in [2.45, 2.75) is 53.5 Å². The Morgan fingerprint density at radius 1 is 1.09 bits per heavy atom. The number of ether oxygens (including phenoxy) is 2. The minimum atomic E-state index is -0.681. The van der Waals surface area contributed by atoms with Crippen LogP contribution in [0.4, 0.5) is 5.69 Å². The first-order valence-electron chi connectivity index (χ1n) is 11.1. The number of Topliss-reactive ketones (excluding diaryl/α,β-unsaturated/α-hetero) is 1. The minimum Gasteiger partial charge on any atom is -0.453 e. The van der Waals surface area contributed by atoms with Gasteiger partial charge in [-0.05, 0) is 57.4 Å². The number of amides is 1. The van der Waals surface area contributed by atoms with E-state index in [-0.39, 0.29) is 36.9 Å². The molecule has 8 heteroatoms. The average molecular weight is 454 g/mol. The first-order chi connectivity index (χ1) is 15.7. The molecule has 1 aliphatic rings. The van der Waals surface area contributed by atoms with Gasteiger partial charge >= 0.3 is 5.97 Å². The van der Waals surface area contributed by atoms with Crippen LogP contribution in [-0.4, -0.2) is 48.3 Å². The van der Waals surface area contributed by atoms with Gasteiger partial charge in [-0.1, -0.05) is 12.1 Å². The molecule has 0 atom stereocenters. The van der Waals surface area contributed by atoms with E-state index in [4.69, 9.17) is 9.47 Å². The third-order valence-corrected chi connectivity index (χ3v) is 5.80. The molecule has 0 spiro atoms. The maximum atomic E-state index is 12.7. The molecule has 0 saturated carbocycles. The summed E-state index contributed by atoms with van der Waals surface area (Å²) < 4.78 is 12.5. The number of methoxy groups -OCH3 is 1. The highest BCUT2D eigenvalue weighted by atomic mass is 16.5. The maximum absolute atomic E-state index is 12.7. The fraction of sp³-hybridized carbons (Fsp3) is 0.440. The van der Waals surface area contributed by atoms with Gasteiger partial charge in [-0.3, -0.25) is 9.59 Å². The average Bonchev–Trinajstić information content (AvgIpc) is 3.08. The number of carbonyl (C=O) groups is 3. The number of hydrazone groups is 1. The van der Waals surface area contributed by atoms with Crippen molar-refractivity contribution in [3.05, 3.63) is 52.3 Å². The molecule has 3 rings (SSSR count). The van der Waals surface area contributed by atoms with Gasteiger partial charge in [-0.15, -0.1) is 0 Å². The number of ketones is 1. The van der Waals surface area contributed by atoms with Crippen molar-refractivity contribution in [2.75, 3.05) is 25.3 Å². The zero-order valence-corrected chi connectivity index (χ0v) is 19.9. The first-order valence-corrected chi connectivity index (χ1v) is 11.1. The van der Waals surface area contributed by atoms with Crippen molar-refractivity contribution in [3.8, 4) is 0 Å². The van der Waals surface area contributed by atoms with E-state index in [0.717, 1.165) is 35.5 Å². The van der Waals surface area contributed by atoms with E-state index in [1.54, 1.807) is 7.11 Å². The summed E-state index contributed by atoms with van der Waals surface area (Å²) in [5.74, 6) is -1.13. The predicted octanol–water partition coefficient (Wildman–Crippen LogP) is 3.67. The van der Waals surface area contributed by atoms with E-state index in [1.807, 2.05) is 52.0 Å². The number of esters is 1. The summed E-state index contributed by atoms with van der Waals surface area (Å²) in [4.78, 5) is 37.8. The summed E-state index contributed by atoms with van der Waals surface area (Å²) in [6, 6.07) is 7.53. The lowest BCUT2D eigenvalue weighted by atomic mass is 10.1. The molecule has 176 valence electrons. The van der Waals surface area contributed by atoms with Gasteiger partial charge in [-0.25, -0.2) is 4.79 Å². The Bertz CT molecular complexity index is 1100. The third-order valence-electron chi connectivity index (χ3n) is 5.80. The van der Waals surface area contributed by atoms with E-state index in [9.17, 15) is 14.4 Å². The highest BCUT2D eigenvalue weighted by Crippen LogP contribution is 2.25. The molecular weight excluding hydrogens is 422 g/mol. The Labute approximate surface area is 194 Å². The fourth-order valence-corrected chi connectivity index (χ4v) is 3.92. The molecule has 2 aromatic rings. The molecule has 0 saturated heterocycles. The normalized spacial score (nSPS) is 13.8. The van der Waals surface area contributed by atoms with E-state index < -0.39 is 5.97 Å². The molecule has 0 fully saturated rings. The summed E-state index contributed by atoms with van der Waals surface area (Å²) in [5.41, 5.74) is 4.98. The zero-order chi connectivity index (χ0) is 24.1. The molecule has 1 aromatic heterocycles. The second-order valence-corrected chi connectivity index (χ2v) is 8.32. The lowest BCUT2D eigenvalue weighted by Crippen LogP contribution is -2.35. The van der Waals surface area contributed by atoms with Crippen LogP contribution in [0.3, 0.4) is 0 Å². The van der Waals surface area contributed by atoms with Crippen LogP contribution in [0.2, 0.25) is 0 Å². The lowest BCUT2D eigenvalue weighted by Gasteiger charge is -2.24. The molecule has 1 amide bonds. The zero-order valence-electron chi connectivity index (χ0n) is 19.9. The first kappa shape index (κ1) is 24.4. The van der Waals surface area contributed by atoms with Gasteiger partial charge in [0.25, 0.3) is 0 Å². The summed E-state index contributed by atoms with van der Waals surface area (Å²) in [5, 5.41) is 5.52. The number of anilines is 1. The second kappa shape index (κ2) is 10.6. The number of nitrogens with zero attached hydrogens (tertiary/aromatic N) is 3. The van der Waals surface area contributed by atoms with Crippen LogP contribution in [0, 0.1) is 27.7 Å². The Hall–Kier alpha value is -3.26. The van der Waals surface area contributed by atoms with Gasteiger partial charge < -0.3 is 14.0 Å². The van der Waals surface area contributed by atoms with Crippen LogP contribution >= 0.6 is 0 Å². The topological polar surface area (TPSA) is 90.2 Å². The van der Waals surface area contributed by atoms with Crippen LogP contribution in [0.1, 0.15) is 52.1 Å². The van der Waals surface area contributed by atoms with E-state index >= 15 is 0 Å². The van der Waals surface area contributed by atoms with E-state index in [2.05, 4.69) is 9.67 Å². The smallest absolute Gasteiger partial charge is 0.354 e. The molecule has 0 radical (unpaired) electrons. The van der Waals surface area contributed by atoms with Gasteiger partial charge in [-0.2, -0.15) is 10.1 Å². The number of rotatable bonds is 9. The number of hydrogen-bond acceptors (Lipinski definition) is 6. The van der Waals surface area contributed by atoms with Crippen LogP contribution in [-0.2, 0) is 25.6 Å². The number of benzene rings is 1. The summed E-state index contributed by atoms with van der Waals surface area (Å²) >= 11 is 0. The van der Waals surface area contributed by atoms with E-state index in [1.165, 1.54) is 5.01 Å². The molecule has 0 N–H and O–H groups in total. The molecule has 8 nitrogen and oxygen atoms in total. The Morgan fingerprint density at radius 3 is 2.58 bits per heavy atom. The Balaban J connectivity index is 1.69. The fourth-order valence-electron chi connectivity index (χ4n) is 3.92. The highest BCUT2D eigenvalue weighted by molar-refractivity contribution is 6.38. The molecule has 0 aliphatic carbocycles. The maximum Gasteiger partial charge on any atom is 0.354 e. The van der Waals surface area contributed by atoms with Gasteiger partial charge in [0, 0.05) is 50.1 Å².